The van der Waals surface area contributed by atoms with Gasteiger partial charge in [0.1, 0.15) is 5.76 Å². The summed E-state index contributed by atoms with van der Waals surface area (Å²) in [7, 11) is 0. The third-order valence-electron chi connectivity index (χ3n) is 5.18. The van der Waals surface area contributed by atoms with Crippen molar-refractivity contribution in [3.63, 3.8) is 0 Å². The zero-order chi connectivity index (χ0) is 15.7. The predicted octanol–water partition coefficient (Wildman–Crippen LogP) is 2.57. The Labute approximate surface area is 137 Å². The van der Waals surface area contributed by atoms with E-state index in [1.807, 2.05) is 6.07 Å². The summed E-state index contributed by atoms with van der Waals surface area (Å²) in [6.45, 7) is 2.22. The van der Waals surface area contributed by atoms with Crippen LogP contribution < -0.4 is 5.73 Å². The van der Waals surface area contributed by atoms with Gasteiger partial charge in [-0.3, -0.25) is 4.90 Å². The number of ether oxygens (including phenoxy) is 2. The Balaban J connectivity index is 1.66. The first kappa shape index (κ1) is 14.8. The van der Waals surface area contributed by atoms with Crippen molar-refractivity contribution in [3.8, 4) is 0 Å². The number of allylic oxidation sites excluding steroid dienone is 2. The maximum atomic E-state index is 6.04. The van der Waals surface area contributed by atoms with Gasteiger partial charge in [-0.1, -0.05) is 42.5 Å². The van der Waals surface area contributed by atoms with E-state index in [4.69, 9.17) is 15.2 Å². The number of likely N-dealkylation sites (tertiary alicyclic amines) is 1. The summed E-state index contributed by atoms with van der Waals surface area (Å²) in [5, 5.41) is 0. The van der Waals surface area contributed by atoms with Gasteiger partial charge in [0.05, 0.1) is 5.54 Å². The van der Waals surface area contributed by atoms with Crippen LogP contribution in [0, 0.1) is 0 Å². The van der Waals surface area contributed by atoms with Crippen LogP contribution in [0.4, 0.5) is 0 Å². The third kappa shape index (κ3) is 2.66. The smallest absolute Gasteiger partial charge is 0.230 e. The second-order valence-corrected chi connectivity index (χ2v) is 6.73. The van der Waals surface area contributed by atoms with Crippen LogP contribution in [0.3, 0.4) is 0 Å². The molecule has 0 amide bonds. The van der Waals surface area contributed by atoms with Gasteiger partial charge in [0.25, 0.3) is 0 Å². The Hall–Kier alpha value is -1.78. The van der Waals surface area contributed by atoms with Gasteiger partial charge in [0.15, 0.2) is 5.76 Å². The van der Waals surface area contributed by atoms with E-state index in [9.17, 15) is 0 Å². The van der Waals surface area contributed by atoms with Crippen LogP contribution in [-0.4, -0.2) is 36.4 Å². The fraction of sp³-hybridized carbons (Fsp3) is 0.474. The summed E-state index contributed by atoms with van der Waals surface area (Å²) in [6.07, 6.45) is 8.48. The van der Waals surface area contributed by atoms with Gasteiger partial charge < -0.3 is 15.2 Å². The van der Waals surface area contributed by atoms with Gasteiger partial charge in [-0.2, -0.15) is 0 Å². The average Bonchev–Trinajstić information content (AvgIpc) is 3.02. The Morgan fingerprint density at radius 3 is 2.65 bits per heavy atom. The van der Waals surface area contributed by atoms with Crippen LogP contribution in [0.25, 0.3) is 0 Å². The molecule has 2 N–H and O–H groups in total. The molecule has 1 fully saturated rings. The number of nitrogens with zero attached hydrogens (tertiary/aromatic N) is 1. The van der Waals surface area contributed by atoms with Crippen molar-refractivity contribution >= 4 is 0 Å². The van der Waals surface area contributed by atoms with Crippen molar-refractivity contribution in [2.75, 3.05) is 19.9 Å². The molecule has 4 nitrogen and oxygen atoms in total. The van der Waals surface area contributed by atoms with Gasteiger partial charge in [0, 0.05) is 25.6 Å². The number of hydrogen-bond acceptors (Lipinski definition) is 4. The van der Waals surface area contributed by atoms with Crippen molar-refractivity contribution in [2.24, 2.45) is 5.73 Å². The minimum atomic E-state index is -0.0643. The molecule has 23 heavy (non-hydrogen) atoms. The Kier molecular flexibility index (Phi) is 3.87. The summed E-state index contributed by atoms with van der Waals surface area (Å²) in [5.74, 6) is 2.03. The number of benzene rings is 1. The Morgan fingerprint density at radius 2 is 1.96 bits per heavy atom. The lowest BCUT2D eigenvalue weighted by Crippen LogP contribution is -2.66. The molecule has 0 saturated carbocycles. The van der Waals surface area contributed by atoms with Crippen LogP contribution in [0.5, 0.6) is 0 Å². The molecule has 0 bridgehead atoms. The largest absolute Gasteiger partial charge is 0.458 e. The Morgan fingerprint density at radius 1 is 1.13 bits per heavy atom. The van der Waals surface area contributed by atoms with E-state index in [-0.39, 0.29) is 5.54 Å². The standard InChI is InChI=1S/C19H24N2O2/c20-16-12-21(13-16)19(9-5-2-6-10-19)18-17(22-14-23-18)11-15-7-3-1-4-8-15/h1-5,7-8,16H,6,9-14,20H2. The lowest BCUT2D eigenvalue weighted by Gasteiger charge is -2.52. The molecule has 0 spiro atoms. The zero-order valence-electron chi connectivity index (χ0n) is 13.4. The summed E-state index contributed by atoms with van der Waals surface area (Å²) in [4.78, 5) is 2.48. The zero-order valence-corrected chi connectivity index (χ0v) is 13.4. The van der Waals surface area contributed by atoms with Gasteiger partial charge >= 0.3 is 0 Å². The summed E-state index contributed by atoms with van der Waals surface area (Å²) in [6, 6.07) is 10.7. The summed E-state index contributed by atoms with van der Waals surface area (Å²) < 4.78 is 11.9. The van der Waals surface area contributed by atoms with E-state index in [0.29, 0.717) is 12.8 Å². The second kappa shape index (κ2) is 6.02. The molecule has 122 valence electrons. The molecule has 4 rings (SSSR count). The van der Waals surface area contributed by atoms with E-state index in [0.717, 1.165) is 50.3 Å². The molecule has 1 aromatic rings. The third-order valence-corrected chi connectivity index (χ3v) is 5.18. The summed E-state index contributed by atoms with van der Waals surface area (Å²) in [5.41, 5.74) is 7.24. The fourth-order valence-electron chi connectivity index (χ4n) is 3.93. The van der Waals surface area contributed by atoms with Crippen molar-refractivity contribution in [1.29, 1.82) is 0 Å². The lowest BCUT2D eigenvalue weighted by atomic mass is 9.78. The van der Waals surface area contributed by atoms with E-state index in [1.165, 1.54) is 5.56 Å². The minimum Gasteiger partial charge on any atom is -0.458 e. The first-order chi connectivity index (χ1) is 11.3. The van der Waals surface area contributed by atoms with Gasteiger partial charge in [-0.15, -0.1) is 0 Å². The molecule has 1 aliphatic carbocycles. The van der Waals surface area contributed by atoms with E-state index >= 15 is 0 Å². The predicted molar refractivity (Wildman–Crippen MR) is 89.5 cm³/mol. The molecular weight excluding hydrogens is 288 g/mol. The van der Waals surface area contributed by atoms with E-state index in [2.05, 4.69) is 41.3 Å². The molecular formula is C19H24N2O2. The highest BCUT2D eigenvalue weighted by molar-refractivity contribution is 5.30. The Bertz CT molecular complexity index is 620. The lowest BCUT2D eigenvalue weighted by molar-refractivity contribution is -0.0176. The number of hydrogen-bond donors (Lipinski definition) is 1. The molecule has 1 aromatic carbocycles. The maximum Gasteiger partial charge on any atom is 0.230 e. The molecule has 1 atom stereocenters. The molecule has 3 aliphatic rings. The topological polar surface area (TPSA) is 47.7 Å². The average molecular weight is 312 g/mol. The number of nitrogens with two attached hydrogens (primary N) is 1. The van der Waals surface area contributed by atoms with Crippen molar-refractivity contribution in [3.05, 3.63) is 59.6 Å². The van der Waals surface area contributed by atoms with Crippen molar-refractivity contribution < 1.29 is 9.47 Å². The molecule has 0 aromatic heterocycles. The van der Waals surface area contributed by atoms with Crippen LogP contribution in [0.2, 0.25) is 0 Å². The highest BCUT2D eigenvalue weighted by Crippen LogP contribution is 2.43. The van der Waals surface area contributed by atoms with Gasteiger partial charge in [-0.05, 0) is 24.8 Å². The monoisotopic (exact) mass is 312 g/mol. The molecule has 2 aliphatic heterocycles. The van der Waals surface area contributed by atoms with Gasteiger partial charge in [0.2, 0.25) is 6.79 Å². The SMILES string of the molecule is NC1CN(C2(C3=C(Cc4ccccc4)OCO3)CC=CCC2)C1. The molecule has 2 heterocycles. The van der Waals surface area contributed by atoms with Crippen LogP contribution in [0.1, 0.15) is 24.8 Å². The highest BCUT2D eigenvalue weighted by Gasteiger charge is 2.49. The van der Waals surface area contributed by atoms with Crippen LogP contribution >= 0.6 is 0 Å². The molecule has 0 radical (unpaired) electrons. The second-order valence-electron chi connectivity index (χ2n) is 6.73. The molecule has 4 heteroatoms. The fourth-order valence-corrected chi connectivity index (χ4v) is 3.93. The van der Waals surface area contributed by atoms with Crippen molar-refractivity contribution in [1.82, 2.24) is 4.90 Å². The number of rotatable bonds is 4. The summed E-state index contributed by atoms with van der Waals surface area (Å²) >= 11 is 0. The van der Waals surface area contributed by atoms with Crippen LogP contribution in [-0.2, 0) is 15.9 Å². The first-order valence-corrected chi connectivity index (χ1v) is 8.47. The highest BCUT2D eigenvalue weighted by atomic mass is 16.7. The maximum absolute atomic E-state index is 6.04. The van der Waals surface area contributed by atoms with Gasteiger partial charge in [-0.25, -0.2) is 0 Å². The van der Waals surface area contributed by atoms with E-state index < -0.39 is 0 Å². The first-order valence-electron chi connectivity index (χ1n) is 8.47. The molecule has 1 saturated heterocycles. The van der Waals surface area contributed by atoms with E-state index in [1.54, 1.807) is 0 Å². The van der Waals surface area contributed by atoms with Crippen LogP contribution in [0.15, 0.2) is 54.0 Å². The minimum absolute atomic E-state index is 0.0643. The molecule has 1 unspecified atom stereocenters. The van der Waals surface area contributed by atoms with Crippen molar-refractivity contribution in [2.45, 2.75) is 37.3 Å². The normalized spacial score (nSPS) is 28.4. The quantitative estimate of drug-likeness (QED) is 0.868.